The standard InChI is InChI=1S/C15H18N4O/c1-18(2)15(20)13-14(12-8-9-12)19(17-16-13)10-11-6-4-3-5-7-11/h3-7,12H,8-10H2,1-2H3. The molecule has 2 aromatic rings. The number of carbonyl (C=O) groups is 1. The highest BCUT2D eigenvalue weighted by atomic mass is 16.2. The zero-order valence-electron chi connectivity index (χ0n) is 11.8. The van der Waals surface area contributed by atoms with Crippen LogP contribution in [0.3, 0.4) is 0 Å². The van der Waals surface area contributed by atoms with Gasteiger partial charge in [0.05, 0.1) is 12.2 Å². The molecule has 1 saturated carbocycles. The molecule has 1 aliphatic carbocycles. The number of nitrogens with zero attached hydrogens (tertiary/aromatic N) is 4. The molecule has 5 heteroatoms. The summed E-state index contributed by atoms with van der Waals surface area (Å²) in [7, 11) is 3.49. The summed E-state index contributed by atoms with van der Waals surface area (Å²) in [5.74, 6) is 0.374. The summed E-state index contributed by atoms with van der Waals surface area (Å²) >= 11 is 0. The largest absolute Gasteiger partial charge is 0.343 e. The van der Waals surface area contributed by atoms with Crippen LogP contribution in [0.1, 0.15) is 40.5 Å². The van der Waals surface area contributed by atoms with Crippen molar-refractivity contribution in [2.75, 3.05) is 14.1 Å². The molecular formula is C15H18N4O. The van der Waals surface area contributed by atoms with E-state index in [1.165, 1.54) is 5.56 Å². The molecule has 20 heavy (non-hydrogen) atoms. The molecule has 1 aliphatic rings. The molecule has 1 heterocycles. The van der Waals surface area contributed by atoms with Crippen LogP contribution in [0.2, 0.25) is 0 Å². The maximum atomic E-state index is 12.2. The summed E-state index contributed by atoms with van der Waals surface area (Å²) in [6, 6.07) is 10.1. The monoisotopic (exact) mass is 270 g/mol. The van der Waals surface area contributed by atoms with Crippen LogP contribution in [-0.2, 0) is 6.54 Å². The van der Waals surface area contributed by atoms with Gasteiger partial charge in [-0.15, -0.1) is 5.10 Å². The number of hydrogen-bond donors (Lipinski definition) is 0. The predicted molar refractivity (Wildman–Crippen MR) is 75.6 cm³/mol. The van der Waals surface area contributed by atoms with Gasteiger partial charge in [-0.1, -0.05) is 35.5 Å². The maximum Gasteiger partial charge on any atom is 0.275 e. The molecule has 1 fully saturated rings. The van der Waals surface area contributed by atoms with Crippen molar-refractivity contribution in [3.8, 4) is 0 Å². The number of amides is 1. The van der Waals surface area contributed by atoms with E-state index in [9.17, 15) is 4.79 Å². The van der Waals surface area contributed by atoms with Crippen LogP contribution < -0.4 is 0 Å². The van der Waals surface area contributed by atoms with Gasteiger partial charge in [0.25, 0.3) is 5.91 Å². The lowest BCUT2D eigenvalue weighted by atomic mass is 10.2. The molecule has 0 aliphatic heterocycles. The van der Waals surface area contributed by atoms with Crippen molar-refractivity contribution in [2.24, 2.45) is 0 Å². The summed E-state index contributed by atoms with van der Waals surface area (Å²) < 4.78 is 1.88. The smallest absolute Gasteiger partial charge is 0.275 e. The number of aromatic nitrogens is 3. The Hall–Kier alpha value is -2.17. The molecule has 0 unspecified atom stereocenters. The molecule has 1 amide bonds. The van der Waals surface area contributed by atoms with E-state index in [2.05, 4.69) is 22.4 Å². The molecular weight excluding hydrogens is 252 g/mol. The first-order chi connectivity index (χ1) is 9.66. The minimum absolute atomic E-state index is 0.0637. The van der Waals surface area contributed by atoms with Crippen LogP contribution >= 0.6 is 0 Å². The second kappa shape index (κ2) is 5.07. The fourth-order valence-corrected chi connectivity index (χ4v) is 2.32. The fourth-order valence-electron chi connectivity index (χ4n) is 2.32. The maximum absolute atomic E-state index is 12.2. The van der Waals surface area contributed by atoms with E-state index in [-0.39, 0.29) is 5.91 Å². The summed E-state index contributed by atoms with van der Waals surface area (Å²) in [5.41, 5.74) is 2.67. The molecule has 0 saturated heterocycles. The summed E-state index contributed by atoms with van der Waals surface area (Å²) in [5, 5.41) is 8.31. The second-order valence-electron chi connectivity index (χ2n) is 5.44. The second-order valence-corrected chi connectivity index (χ2v) is 5.44. The van der Waals surface area contributed by atoms with E-state index in [0.717, 1.165) is 18.5 Å². The van der Waals surface area contributed by atoms with Gasteiger partial charge in [-0.05, 0) is 18.4 Å². The number of carbonyl (C=O) groups excluding carboxylic acids is 1. The highest BCUT2D eigenvalue weighted by Gasteiger charge is 2.34. The Balaban J connectivity index is 1.94. The molecule has 104 valence electrons. The van der Waals surface area contributed by atoms with Crippen molar-refractivity contribution in [1.82, 2.24) is 19.9 Å². The number of benzene rings is 1. The van der Waals surface area contributed by atoms with E-state index < -0.39 is 0 Å². The van der Waals surface area contributed by atoms with Crippen LogP contribution in [0.25, 0.3) is 0 Å². The van der Waals surface area contributed by atoms with Crippen molar-refractivity contribution < 1.29 is 4.79 Å². The van der Waals surface area contributed by atoms with Crippen molar-refractivity contribution in [3.63, 3.8) is 0 Å². The van der Waals surface area contributed by atoms with Gasteiger partial charge in [0, 0.05) is 20.0 Å². The Morgan fingerprint density at radius 3 is 2.60 bits per heavy atom. The summed E-state index contributed by atoms with van der Waals surface area (Å²) in [4.78, 5) is 13.7. The Labute approximate surface area is 118 Å². The van der Waals surface area contributed by atoms with Gasteiger partial charge in [0.2, 0.25) is 0 Å². The summed E-state index contributed by atoms with van der Waals surface area (Å²) in [6.07, 6.45) is 2.24. The van der Waals surface area contributed by atoms with Crippen LogP contribution in [-0.4, -0.2) is 39.9 Å². The third kappa shape index (κ3) is 2.43. The topological polar surface area (TPSA) is 51.0 Å². The zero-order valence-corrected chi connectivity index (χ0v) is 11.8. The van der Waals surface area contributed by atoms with E-state index in [4.69, 9.17) is 0 Å². The van der Waals surface area contributed by atoms with Gasteiger partial charge < -0.3 is 4.90 Å². The normalized spacial score (nSPS) is 14.3. The van der Waals surface area contributed by atoms with Gasteiger partial charge >= 0.3 is 0 Å². The Morgan fingerprint density at radius 2 is 2.00 bits per heavy atom. The SMILES string of the molecule is CN(C)C(=O)c1nnn(Cc2ccccc2)c1C1CC1. The lowest BCUT2D eigenvalue weighted by Crippen LogP contribution is -2.23. The number of hydrogen-bond acceptors (Lipinski definition) is 3. The Kier molecular flexibility index (Phi) is 3.26. The minimum atomic E-state index is -0.0637. The van der Waals surface area contributed by atoms with Crippen LogP contribution in [0.4, 0.5) is 0 Å². The lowest BCUT2D eigenvalue weighted by molar-refractivity contribution is 0.0820. The van der Waals surface area contributed by atoms with E-state index >= 15 is 0 Å². The average Bonchev–Trinajstić information content (AvgIpc) is 3.20. The van der Waals surface area contributed by atoms with Crippen molar-refractivity contribution >= 4 is 5.91 Å². The van der Waals surface area contributed by atoms with Gasteiger partial charge in [-0.3, -0.25) is 4.79 Å². The molecule has 5 nitrogen and oxygen atoms in total. The minimum Gasteiger partial charge on any atom is -0.343 e. The van der Waals surface area contributed by atoms with Crippen molar-refractivity contribution in [1.29, 1.82) is 0 Å². The molecule has 0 spiro atoms. The predicted octanol–water partition coefficient (Wildman–Crippen LogP) is 1.91. The molecule has 3 rings (SSSR count). The fraction of sp³-hybridized carbons (Fsp3) is 0.400. The van der Waals surface area contributed by atoms with Gasteiger partial charge in [0.15, 0.2) is 5.69 Å². The summed E-state index contributed by atoms with van der Waals surface area (Å²) in [6.45, 7) is 0.667. The van der Waals surface area contributed by atoms with Crippen molar-refractivity contribution in [3.05, 3.63) is 47.3 Å². The van der Waals surface area contributed by atoms with E-state index in [1.54, 1.807) is 19.0 Å². The third-order valence-electron chi connectivity index (χ3n) is 3.52. The zero-order chi connectivity index (χ0) is 14.1. The Morgan fingerprint density at radius 1 is 1.30 bits per heavy atom. The van der Waals surface area contributed by atoms with Gasteiger partial charge in [0.1, 0.15) is 0 Å². The Bertz CT molecular complexity index is 614. The molecule has 0 N–H and O–H groups in total. The van der Waals surface area contributed by atoms with Gasteiger partial charge in [-0.2, -0.15) is 0 Å². The van der Waals surface area contributed by atoms with Crippen LogP contribution in [0.5, 0.6) is 0 Å². The van der Waals surface area contributed by atoms with Gasteiger partial charge in [-0.25, -0.2) is 4.68 Å². The quantitative estimate of drug-likeness (QED) is 0.852. The first-order valence-corrected chi connectivity index (χ1v) is 6.86. The first-order valence-electron chi connectivity index (χ1n) is 6.86. The first kappa shape index (κ1) is 12.8. The van der Waals surface area contributed by atoms with Crippen LogP contribution in [0, 0.1) is 0 Å². The molecule has 1 aromatic carbocycles. The highest BCUT2D eigenvalue weighted by Crippen LogP contribution is 2.41. The van der Waals surface area contributed by atoms with Crippen LogP contribution in [0.15, 0.2) is 30.3 Å². The highest BCUT2D eigenvalue weighted by molar-refractivity contribution is 5.93. The van der Waals surface area contributed by atoms with Crippen molar-refractivity contribution in [2.45, 2.75) is 25.3 Å². The van der Waals surface area contributed by atoms with E-state index in [1.807, 2.05) is 22.9 Å². The lowest BCUT2D eigenvalue weighted by Gasteiger charge is -2.10. The third-order valence-corrected chi connectivity index (χ3v) is 3.52. The van der Waals surface area contributed by atoms with E-state index in [0.29, 0.717) is 18.2 Å². The average molecular weight is 270 g/mol. The molecule has 1 aromatic heterocycles. The molecule has 0 bridgehead atoms. The molecule has 0 atom stereocenters. The number of rotatable bonds is 4. The molecule has 0 radical (unpaired) electrons.